The maximum atomic E-state index is 5.39. The van der Waals surface area contributed by atoms with Crippen LogP contribution >= 0.6 is 0 Å². The minimum atomic E-state index is 0.857. The normalized spacial score (nSPS) is 11.0. The predicted octanol–water partition coefficient (Wildman–Crippen LogP) is 5.46. The van der Waals surface area contributed by atoms with E-state index in [9.17, 15) is 0 Å². The molecule has 142 valence electrons. The summed E-state index contributed by atoms with van der Waals surface area (Å²) in [4.78, 5) is 4.94. The summed E-state index contributed by atoms with van der Waals surface area (Å²) in [5, 5.41) is 0. The molecule has 0 aliphatic heterocycles. The lowest BCUT2D eigenvalue weighted by Crippen LogP contribution is -2.06. The molecule has 0 aliphatic carbocycles. The Balaban J connectivity index is 1.56. The topological polar surface area (TPSA) is 27.1 Å². The van der Waals surface area contributed by atoms with E-state index in [1.807, 2.05) is 12.1 Å². The third kappa shape index (κ3) is 4.25. The van der Waals surface area contributed by atoms with Gasteiger partial charge in [0.15, 0.2) is 0 Å². The molecule has 1 aromatic heterocycles. The van der Waals surface area contributed by atoms with E-state index in [1.54, 1.807) is 7.11 Å². The third-order valence-electron chi connectivity index (χ3n) is 5.20. The van der Waals surface area contributed by atoms with E-state index < -0.39 is 0 Å². The van der Waals surface area contributed by atoms with Crippen molar-refractivity contribution in [1.29, 1.82) is 0 Å². The van der Waals surface area contributed by atoms with Gasteiger partial charge >= 0.3 is 0 Å². The SMILES string of the molecule is COc1ccc2c(c1)nc(CCc1ccccc1)n2CCCc1ccccc1. The Morgan fingerprint density at radius 3 is 2.14 bits per heavy atom. The van der Waals surface area contributed by atoms with Crippen LogP contribution in [0, 0.1) is 0 Å². The molecule has 0 fully saturated rings. The van der Waals surface area contributed by atoms with Crippen molar-refractivity contribution in [2.75, 3.05) is 7.11 Å². The zero-order valence-electron chi connectivity index (χ0n) is 16.3. The average Bonchev–Trinajstić information content (AvgIpc) is 3.10. The monoisotopic (exact) mass is 370 g/mol. The molecule has 0 bridgehead atoms. The standard InChI is InChI=1S/C25H26N2O/c1-28-22-15-16-24-23(19-22)26-25(17-14-21-11-6-3-7-12-21)27(24)18-8-13-20-9-4-2-5-10-20/h2-7,9-12,15-16,19H,8,13-14,17-18H2,1H3. The summed E-state index contributed by atoms with van der Waals surface area (Å²) in [6.07, 6.45) is 4.11. The molecule has 0 saturated carbocycles. The number of ether oxygens (including phenoxy) is 1. The molecule has 0 atom stereocenters. The minimum absolute atomic E-state index is 0.857. The van der Waals surface area contributed by atoms with Crippen molar-refractivity contribution in [3.8, 4) is 5.75 Å². The second-order valence-electron chi connectivity index (χ2n) is 7.11. The lowest BCUT2D eigenvalue weighted by Gasteiger charge is -2.10. The summed E-state index contributed by atoms with van der Waals surface area (Å²) in [6.45, 7) is 0.974. The smallest absolute Gasteiger partial charge is 0.121 e. The molecule has 0 saturated heterocycles. The molecule has 3 aromatic carbocycles. The van der Waals surface area contributed by atoms with Crippen molar-refractivity contribution in [2.24, 2.45) is 0 Å². The van der Waals surface area contributed by atoms with E-state index in [2.05, 4.69) is 71.3 Å². The number of hydrogen-bond acceptors (Lipinski definition) is 2. The first kappa shape index (κ1) is 18.3. The molecule has 1 heterocycles. The maximum Gasteiger partial charge on any atom is 0.121 e. The molecule has 0 aliphatic rings. The third-order valence-corrected chi connectivity index (χ3v) is 5.20. The first-order chi connectivity index (χ1) is 13.8. The van der Waals surface area contributed by atoms with E-state index in [4.69, 9.17) is 9.72 Å². The summed E-state index contributed by atoms with van der Waals surface area (Å²) in [5.74, 6) is 2.01. The summed E-state index contributed by atoms with van der Waals surface area (Å²) in [7, 11) is 1.70. The number of methoxy groups -OCH3 is 1. The predicted molar refractivity (Wildman–Crippen MR) is 115 cm³/mol. The van der Waals surface area contributed by atoms with Crippen LogP contribution in [0.4, 0.5) is 0 Å². The van der Waals surface area contributed by atoms with Crippen molar-refractivity contribution in [2.45, 2.75) is 32.2 Å². The Labute approximate surface area is 166 Å². The average molecular weight is 370 g/mol. The molecular weight excluding hydrogens is 344 g/mol. The van der Waals surface area contributed by atoms with Gasteiger partial charge in [-0.2, -0.15) is 0 Å². The second kappa shape index (κ2) is 8.75. The largest absolute Gasteiger partial charge is 0.497 e. The number of benzene rings is 3. The summed E-state index contributed by atoms with van der Waals surface area (Å²) >= 11 is 0. The number of hydrogen-bond donors (Lipinski definition) is 0. The van der Waals surface area contributed by atoms with Crippen molar-refractivity contribution in [3.05, 3.63) is 95.8 Å². The molecule has 4 aromatic rings. The fourth-order valence-electron chi connectivity index (χ4n) is 3.71. The lowest BCUT2D eigenvalue weighted by molar-refractivity contribution is 0.415. The number of rotatable bonds is 8. The van der Waals surface area contributed by atoms with Crippen LogP contribution in [0.15, 0.2) is 78.9 Å². The molecule has 0 N–H and O–H groups in total. The fraction of sp³-hybridized carbons (Fsp3) is 0.240. The van der Waals surface area contributed by atoms with Crippen LogP contribution in [0.1, 0.15) is 23.4 Å². The van der Waals surface area contributed by atoms with Crippen LogP contribution in [0.3, 0.4) is 0 Å². The molecule has 0 spiro atoms. The maximum absolute atomic E-state index is 5.39. The van der Waals surface area contributed by atoms with Gasteiger partial charge in [-0.1, -0.05) is 60.7 Å². The number of imidazole rings is 1. The Hall–Kier alpha value is -3.07. The van der Waals surface area contributed by atoms with Gasteiger partial charge < -0.3 is 9.30 Å². The molecule has 0 unspecified atom stereocenters. The zero-order valence-corrected chi connectivity index (χ0v) is 16.3. The first-order valence-corrected chi connectivity index (χ1v) is 9.94. The highest BCUT2D eigenvalue weighted by atomic mass is 16.5. The van der Waals surface area contributed by atoms with Gasteiger partial charge in [0, 0.05) is 19.0 Å². The van der Waals surface area contributed by atoms with Gasteiger partial charge in [0.25, 0.3) is 0 Å². The molecule has 0 amide bonds. The van der Waals surface area contributed by atoms with Crippen LogP contribution in [-0.2, 0) is 25.8 Å². The quantitative estimate of drug-likeness (QED) is 0.412. The highest BCUT2D eigenvalue weighted by Crippen LogP contribution is 2.23. The van der Waals surface area contributed by atoms with Gasteiger partial charge in [0.2, 0.25) is 0 Å². The Morgan fingerprint density at radius 1 is 0.786 bits per heavy atom. The summed E-state index contributed by atoms with van der Waals surface area (Å²) < 4.78 is 7.78. The van der Waals surface area contributed by atoms with E-state index in [0.29, 0.717) is 0 Å². The van der Waals surface area contributed by atoms with Gasteiger partial charge in [-0.3, -0.25) is 0 Å². The van der Waals surface area contributed by atoms with Crippen molar-refractivity contribution >= 4 is 11.0 Å². The second-order valence-corrected chi connectivity index (χ2v) is 7.11. The molecule has 3 nitrogen and oxygen atoms in total. The Bertz CT molecular complexity index is 1020. The van der Waals surface area contributed by atoms with Crippen LogP contribution in [0.5, 0.6) is 5.75 Å². The van der Waals surface area contributed by atoms with Gasteiger partial charge in [-0.15, -0.1) is 0 Å². The Kier molecular flexibility index (Phi) is 5.72. The molecular formula is C25H26N2O. The van der Waals surface area contributed by atoms with E-state index in [1.165, 1.54) is 16.6 Å². The van der Waals surface area contributed by atoms with E-state index in [0.717, 1.165) is 49.3 Å². The van der Waals surface area contributed by atoms with Crippen LogP contribution < -0.4 is 4.74 Å². The number of aromatic nitrogens is 2. The molecule has 0 radical (unpaired) electrons. The molecule has 4 rings (SSSR count). The van der Waals surface area contributed by atoms with Crippen molar-refractivity contribution in [3.63, 3.8) is 0 Å². The van der Waals surface area contributed by atoms with Crippen LogP contribution in [0.2, 0.25) is 0 Å². The number of nitrogens with zero attached hydrogens (tertiary/aromatic N) is 2. The van der Waals surface area contributed by atoms with E-state index >= 15 is 0 Å². The first-order valence-electron chi connectivity index (χ1n) is 9.94. The van der Waals surface area contributed by atoms with E-state index in [-0.39, 0.29) is 0 Å². The summed E-state index contributed by atoms with van der Waals surface area (Å²) in [6, 6.07) is 27.5. The zero-order chi connectivity index (χ0) is 19.2. The number of fused-ring (bicyclic) bond motifs is 1. The van der Waals surface area contributed by atoms with Gasteiger partial charge in [0.1, 0.15) is 11.6 Å². The van der Waals surface area contributed by atoms with Gasteiger partial charge in [0.05, 0.1) is 18.1 Å². The highest BCUT2D eigenvalue weighted by Gasteiger charge is 2.12. The van der Waals surface area contributed by atoms with Crippen molar-refractivity contribution in [1.82, 2.24) is 9.55 Å². The summed E-state index contributed by atoms with van der Waals surface area (Å²) in [5.41, 5.74) is 4.95. The van der Waals surface area contributed by atoms with Crippen LogP contribution in [-0.4, -0.2) is 16.7 Å². The number of aryl methyl sites for hydroxylation is 4. The lowest BCUT2D eigenvalue weighted by atomic mass is 10.1. The highest BCUT2D eigenvalue weighted by molar-refractivity contribution is 5.77. The van der Waals surface area contributed by atoms with Gasteiger partial charge in [-0.25, -0.2) is 4.98 Å². The minimum Gasteiger partial charge on any atom is -0.497 e. The molecule has 3 heteroatoms. The van der Waals surface area contributed by atoms with Gasteiger partial charge in [-0.05, 0) is 42.5 Å². The fourth-order valence-corrected chi connectivity index (χ4v) is 3.71. The van der Waals surface area contributed by atoms with Crippen molar-refractivity contribution < 1.29 is 4.74 Å². The molecule has 28 heavy (non-hydrogen) atoms. The van der Waals surface area contributed by atoms with Crippen LogP contribution in [0.25, 0.3) is 11.0 Å². The Morgan fingerprint density at radius 2 is 1.46 bits per heavy atom.